The standard InChI is InChI=1S/C17H26N2O2/c20-13-7-10-16(15-8-3-1-4-9-15)18-14-17(21)19-11-5-2-6-12-19/h1,3-4,8-9,16,18,20H,2,5-7,10-14H2. The van der Waals surface area contributed by atoms with Crippen molar-refractivity contribution in [1.82, 2.24) is 10.2 Å². The Morgan fingerprint density at radius 1 is 1.19 bits per heavy atom. The van der Waals surface area contributed by atoms with E-state index >= 15 is 0 Å². The molecular formula is C17H26N2O2. The van der Waals surface area contributed by atoms with E-state index in [0.717, 1.165) is 38.8 Å². The van der Waals surface area contributed by atoms with Crippen molar-refractivity contribution in [2.24, 2.45) is 0 Å². The summed E-state index contributed by atoms with van der Waals surface area (Å²) in [5, 5.41) is 12.4. The Labute approximate surface area is 127 Å². The summed E-state index contributed by atoms with van der Waals surface area (Å²) in [5.74, 6) is 0.194. The third kappa shape index (κ3) is 5.14. The maximum absolute atomic E-state index is 12.2. The van der Waals surface area contributed by atoms with Gasteiger partial charge < -0.3 is 15.3 Å². The predicted octanol–water partition coefficient (Wildman–Crippen LogP) is 2.10. The van der Waals surface area contributed by atoms with Gasteiger partial charge in [-0.2, -0.15) is 0 Å². The molecule has 1 aliphatic heterocycles. The molecule has 0 saturated carbocycles. The van der Waals surface area contributed by atoms with Gasteiger partial charge in [-0.05, 0) is 37.7 Å². The second-order valence-corrected chi connectivity index (χ2v) is 5.65. The molecule has 4 nitrogen and oxygen atoms in total. The minimum Gasteiger partial charge on any atom is -0.396 e. The molecule has 2 N–H and O–H groups in total. The summed E-state index contributed by atoms with van der Waals surface area (Å²) in [4.78, 5) is 14.2. The summed E-state index contributed by atoms with van der Waals surface area (Å²) in [7, 11) is 0. The van der Waals surface area contributed by atoms with Gasteiger partial charge in [-0.25, -0.2) is 0 Å². The van der Waals surface area contributed by atoms with Gasteiger partial charge in [0.2, 0.25) is 5.91 Å². The molecule has 0 bridgehead atoms. The summed E-state index contributed by atoms with van der Waals surface area (Å²) in [6, 6.07) is 10.3. The lowest BCUT2D eigenvalue weighted by Crippen LogP contribution is -2.42. The number of benzene rings is 1. The topological polar surface area (TPSA) is 52.6 Å². The lowest BCUT2D eigenvalue weighted by atomic mass is 10.0. The molecule has 1 saturated heterocycles. The van der Waals surface area contributed by atoms with Crippen molar-refractivity contribution in [2.75, 3.05) is 26.2 Å². The van der Waals surface area contributed by atoms with Gasteiger partial charge in [-0.15, -0.1) is 0 Å². The fourth-order valence-corrected chi connectivity index (χ4v) is 2.83. The number of amides is 1. The average molecular weight is 290 g/mol. The van der Waals surface area contributed by atoms with Gasteiger partial charge in [0.25, 0.3) is 0 Å². The minimum atomic E-state index is 0.132. The number of aliphatic hydroxyl groups excluding tert-OH is 1. The molecule has 0 aromatic heterocycles. The average Bonchev–Trinajstić information content (AvgIpc) is 2.56. The normalized spacial score (nSPS) is 16.7. The Morgan fingerprint density at radius 2 is 1.90 bits per heavy atom. The number of piperidine rings is 1. The SMILES string of the molecule is O=C(CNC(CCCO)c1ccccc1)N1CCCCC1. The summed E-state index contributed by atoms with van der Waals surface area (Å²) in [6.45, 7) is 2.36. The van der Waals surface area contributed by atoms with Crippen molar-refractivity contribution in [2.45, 2.75) is 38.1 Å². The van der Waals surface area contributed by atoms with Crippen LogP contribution in [-0.2, 0) is 4.79 Å². The smallest absolute Gasteiger partial charge is 0.236 e. The number of aliphatic hydroxyl groups is 1. The van der Waals surface area contributed by atoms with Crippen molar-refractivity contribution in [3.63, 3.8) is 0 Å². The second kappa shape index (κ2) is 8.80. The molecule has 4 heteroatoms. The lowest BCUT2D eigenvalue weighted by Gasteiger charge is -2.28. The molecule has 1 heterocycles. The highest BCUT2D eigenvalue weighted by Gasteiger charge is 2.18. The van der Waals surface area contributed by atoms with Crippen LogP contribution in [0.3, 0.4) is 0 Å². The van der Waals surface area contributed by atoms with E-state index in [0.29, 0.717) is 6.54 Å². The Kier molecular flexibility index (Phi) is 6.70. The molecule has 0 spiro atoms. The van der Waals surface area contributed by atoms with Gasteiger partial charge in [0.1, 0.15) is 0 Å². The molecule has 0 radical (unpaired) electrons. The molecule has 116 valence electrons. The highest BCUT2D eigenvalue weighted by Crippen LogP contribution is 2.18. The molecule has 1 aliphatic rings. The zero-order valence-corrected chi connectivity index (χ0v) is 12.6. The molecule has 1 atom stereocenters. The van der Waals surface area contributed by atoms with E-state index in [1.807, 2.05) is 23.1 Å². The van der Waals surface area contributed by atoms with E-state index in [2.05, 4.69) is 17.4 Å². The van der Waals surface area contributed by atoms with Crippen molar-refractivity contribution in [3.8, 4) is 0 Å². The van der Waals surface area contributed by atoms with E-state index < -0.39 is 0 Å². The number of carbonyl (C=O) groups excluding carboxylic acids is 1. The van der Waals surface area contributed by atoms with Crippen LogP contribution in [0.4, 0.5) is 0 Å². The van der Waals surface area contributed by atoms with Crippen molar-refractivity contribution in [3.05, 3.63) is 35.9 Å². The Bertz CT molecular complexity index is 416. The first-order valence-corrected chi connectivity index (χ1v) is 7.98. The first kappa shape index (κ1) is 16.0. The first-order valence-electron chi connectivity index (χ1n) is 7.98. The van der Waals surface area contributed by atoms with Gasteiger partial charge in [0.05, 0.1) is 6.54 Å². The number of hydrogen-bond donors (Lipinski definition) is 2. The largest absolute Gasteiger partial charge is 0.396 e. The molecule has 1 unspecified atom stereocenters. The maximum atomic E-state index is 12.2. The zero-order chi connectivity index (χ0) is 14.9. The fourth-order valence-electron chi connectivity index (χ4n) is 2.83. The first-order chi connectivity index (χ1) is 10.3. The summed E-state index contributed by atoms with van der Waals surface area (Å²) in [5.41, 5.74) is 1.18. The number of likely N-dealkylation sites (tertiary alicyclic amines) is 1. The van der Waals surface area contributed by atoms with E-state index in [4.69, 9.17) is 5.11 Å². The van der Waals surface area contributed by atoms with E-state index in [9.17, 15) is 4.79 Å². The fraction of sp³-hybridized carbons (Fsp3) is 0.588. The van der Waals surface area contributed by atoms with Crippen molar-refractivity contribution >= 4 is 5.91 Å². The summed E-state index contributed by atoms with van der Waals surface area (Å²) < 4.78 is 0. The number of carbonyl (C=O) groups is 1. The highest BCUT2D eigenvalue weighted by atomic mass is 16.2. The van der Waals surface area contributed by atoms with Crippen LogP contribution >= 0.6 is 0 Å². The Balaban J connectivity index is 1.87. The van der Waals surface area contributed by atoms with Crippen molar-refractivity contribution < 1.29 is 9.90 Å². The van der Waals surface area contributed by atoms with Gasteiger partial charge >= 0.3 is 0 Å². The molecule has 0 aliphatic carbocycles. The van der Waals surface area contributed by atoms with Gasteiger partial charge in [-0.1, -0.05) is 30.3 Å². The van der Waals surface area contributed by atoms with Crippen LogP contribution in [0.2, 0.25) is 0 Å². The summed E-state index contributed by atoms with van der Waals surface area (Å²) in [6.07, 6.45) is 5.06. The third-order valence-electron chi connectivity index (χ3n) is 4.06. The van der Waals surface area contributed by atoms with E-state index in [-0.39, 0.29) is 18.6 Å². The van der Waals surface area contributed by atoms with E-state index in [1.54, 1.807) is 0 Å². The number of hydrogen-bond acceptors (Lipinski definition) is 3. The van der Waals surface area contributed by atoms with Crippen LogP contribution in [0, 0.1) is 0 Å². The highest BCUT2D eigenvalue weighted by molar-refractivity contribution is 5.78. The third-order valence-corrected chi connectivity index (χ3v) is 4.06. The number of rotatable bonds is 7. The molecule has 1 aromatic rings. The van der Waals surface area contributed by atoms with Crippen LogP contribution in [0.1, 0.15) is 43.7 Å². The van der Waals surface area contributed by atoms with Crippen LogP contribution in [0.25, 0.3) is 0 Å². The molecule has 1 amide bonds. The zero-order valence-electron chi connectivity index (χ0n) is 12.6. The van der Waals surface area contributed by atoms with Crippen molar-refractivity contribution in [1.29, 1.82) is 0 Å². The van der Waals surface area contributed by atoms with Crippen LogP contribution < -0.4 is 5.32 Å². The quantitative estimate of drug-likeness (QED) is 0.808. The molecule has 1 fully saturated rings. The van der Waals surface area contributed by atoms with Crippen LogP contribution in [0.5, 0.6) is 0 Å². The monoisotopic (exact) mass is 290 g/mol. The summed E-state index contributed by atoms with van der Waals surface area (Å²) >= 11 is 0. The predicted molar refractivity (Wildman–Crippen MR) is 83.9 cm³/mol. The van der Waals surface area contributed by atoms with Crippen LogP contribution in [-0.4, -0.2) is 42.2 Å². The second-order valence-electron chi connectivity index (χ2n) is 5.65. The minimum absolute atomic E-state index is 0.132. The maximum Gasteiger partial charge on any atom is 0.236 e. The Hall–Kier alpha value is -1.39. The van der Waals surface area contributed by atoms with Crippen LogP contribution in [0.15, 0.2) is 30.3 Å². The van der Waals surface area contributed by atoms with Gasteiger partial charge in [0, 0.05) is 25.7 Å². The lowest BCUT2D eigenvalue weighted by molar-refractivity contribution is -0.131. The molecule has 2 rings (SSSR count). The molecule has 21 heavy (non-hydrogen) atoms. The Morgan fingerprint density at radius 3 is 2.57 bits per heavy atom. The molecular weight excluding hydrogens is 264 g/mol. The van der Waals surface area contributed by atoms with Gasteiger partial charge in [0.15, 0.2) is 0 Å². The van der Waals surface area contributed by atoms with E-state index in [1.165, 1.54) is 12.0 Å². The molecule has 1 aromatic carbocycles. The number of nitrogens with zero attached hydrogens (tertiary/aromatic N) is 1. The number of nitrogens with one attached hydrogen (secondary N) is 1. The van der Waals surface area contributed by atoms with Gasteiger partial charge in [-0.3, -0.25) is 4.79 Å².